The van der Waals surface area contributed by atoms with E-state index < -0.39 is 0 Å². The van der Waals surface area contributed by atoms with Crippen molar-refractivity contribution in [1.82, 2.24) is 15.0 Å². The minimum atomic E-state index is -0.134. The van der Waals surface area contributed by atoms with Gasteiger partial charge in [-0.3, -0.25) is 4.79 Å². The number of rotatable bonds is 3. The van der Waals surface area contributed by atoms with Gasteiger partial charge in [0, 0.05) is 30.1 Å². The second kappa shape index (κ2) is 5.61. The summed E-state index contributed by atoms with van der Waals surface area (Å²) in [5, 5.41) is 7.85. The fourth-order valence-corrected chi connectivity index (χ4v) is 3.39. The van der Waals surface area contributed by atoms with Gasteiger partial charge in [-0.15, -0.1) is 0 Å². The molecule has 0 bridgehead atoms. The van der Waals surface area contributed by atoms with Crippen LogP contribution in [0.4, 0.5) is 0 Å². The van der Waals surface area contributed by atoms with E-state index in [-0.39, 0.29) is 5.91 Å². The second-order valence-electron chi connectivity index (χ2n) is 5.22. The van der Waals surface area contributed by atoms with E-state index in [4.69, 9.17) is 4.52 Å². The average molecular weight is 362 g/mol. The minimum Gasteiger partial charge on any atom is -0.361 e. The first-order valence-electron chi connectivity index (χ1n) is 6.93. The topological polar surface area (TPSA) is 60.1 Å². The molecule has 0 aliphatic carbocycles. The molecule has 6 heteroatoms. The summed E-state index contributed by atoms with van der Waals surface area (Å²) in [6.45, 7) is 4.10. The van der Waals surface area contributed by atoms with Crippen LogP contribution >= 0.6 is 15.9 Å². The predicted octanol–water partition coefficient (Wildman–Crippen LogP) is 3.48. The third-order valence-corrected chi connectivity index (χ3v) is 4.67. The molecule has 5 nitrogen and oxygen atoms in total. The summed E-state index contributed by atoms with van der Waals surface area (Å²) in [6.07, 6.45) is 0. The van der Waals surface area contributed by atoms with E-state index in [1.807, 2.05) is 49.7 Å². The molecule has 22 heavy (non-hydrogen) atoms. The summed E-state index contributed by atoms with van der Waals surface area (Å²) in [5.41, 5.74) is 3.34. The third kappa shape index (κ3) is 2.33. The zero-order valence-corrected chi connectivity index (χ0v) is 14.2. The van der Waals surface area contributed by atoms with E-state index in [1.165, 1.54) is 0 Å². The van der Waals surface area contributed by atoms with E-state index in [2.05, 4.69) is 26.4 Å². The van der Waals surface area contributed by atoms with Crippen molar-refractivity contribution in [3.63, 3.8) is 0 Å². The van der Waals surface area contributed by atoms with Gasteiger partial charge in [0.1, 0.15) is 11.5 Å². The molecule has 2 aromatic heterocycles. The molecule has 0 saturated carbocycles. The number of amides is 1. The molecule has 2 heterocycles. The lowest BCUT2D eigenvalue weighted by Gasteiger charge is -2.07. The number of hydrogen-bond acceptors (Lipinski definition) is 3. The van der Waals surface area contributed by atoms with Crippen LogP contribution in [0.5, 0.6) is 0 Å². The number of carbonyl (C=O) groups is 1. The lowest BCUT2D eigenvalue weighted by molar-refractivity contribution is 0.0942. The number of halogens is 1. The molecular formula is C16H16BrN3O2. The van der Waals surface area contributed by atoms with Gasteiger partial charge in [-0.1, -0.05) is 23.4 Å². The van der Waals surface area contributed by atoms with Crippen molar-refractivity contribution in [2.24, 2.45) is 7.05 Å². The maximum atomic E-state index is 12.6. The Bertz CT molecular complexity index is 805. The Hall–Kier alpha value is -2.08. The van der Waals surface area contributed by atoms with Gasteiger partial charge in [0.15, 0.2) is 0 Å². The van der Waals surface area contributed by atoms with Crippen LogP contribution in [0.3, 0.4) is 0 Å². The van der Waals surface area contributed by atoms with Gasteiger partial charge in [-0.2, -0.15) is 0 Å². The van der Waals surface area contributed by atoms with Gasteiger partial charge in [0.25, 0.3) is 5.91 Å². The average Bonchev–Trinajstić information content (AvgIpc) is 2.96. The molecule has 0 radical (unpaired) electrons. The quantitative estimate of drug-likeness (QED) is 0.776. The molecule has 0 saturated heterocycles. The highest BCUT2D eigenvalue weighted by atomic mass is 79.9. The largest absolute Gasteiger partial charge is 0.361 e. The van der Waals surface area contributed by atoms with Crippen molar-refractivity contribution in [2.45, 2.75) is 20.4 Å². The first-order chi connectivity index (χ1) is 10.5. The summed E-state index contributed by atoms with van der Waals surface area (Å²) >= 11 is 3.54. The molecule has 0 fully saturated rings. The number of fused-ring (bicyclic) bond motifs is 1. The monoisotopic (exact) mass is 361 g/mol. The smallest absolute Gasteiger partial charge is 0.269 e. The lowest BCUT2D eigenvalue weighted by Crippen LogP contribution is -2.25. The molecule has 1 amide bonds. The summed E-state index contributed by atoms with van der Waals surface area (Å²) in [6, 6.07) is 7.90. The zero-order valence-electron chi connectivity index (χ0n) is 12.6. The van der Waals surface area contributed by atoms with Gasteiger partial charge in [0.2, 0.25) is 0 Å². The number of nitrogens with zero attached hydrogens (tertiary/aromatic N) is 2. The second-order valence-corrected chi connectivity index (χ2v) is 6.02. The number of benzene rings is 1. The summed E-state index contributed by atoms with van der Waals surface area (Å²) in [7, 11) is 1.89. The van der Waals surface area contributed by atoms with E-state index >= 15 is 0 Å². The molecule has 0 unspecified atom stereocenters. The van der Waals surface area contributed by atoms with E-state index in [1.54, 1.807) is 0 Å². The molecule has 114 valence electrons. The van der Waals surface area contributed by atoms with Crippen molar-refractivity contribution in [3.05, 3.63) is 51.4 Å². The van der Waals surface area contributed by atoms with E-state index in [0.717, 1.165) is 32.4 Å². The van der Waals surface area contributed by atoms with Crippen molar-refractivity contribution in [1.29, 1.82) is 0 Å². The van der Waals surface area contributed by atoms with E-state index in [0.29, 0.717) is 12.2 Å². The van der Waals surface area contributed by atoms with Gasteiger partial charge in [0.05, 0.1) is 10.2 Å². The molecule has 3 aromatic rings. The van der Waals surface area contributed by atoms with Crippen molar-refractivity contribution in [3.8, 4) is 0 Å². The number of para-hydroxylation sites is 1. The molecule has 3 rings (SSSR count). The molecule has 0 spiro atoms. The van der Waals surface area contributed by atoms with Crippen molar-refractivity contribution < 1.29 is 9.32 Å². The highest BCUT2D eigenvalue weighted by Gasteiger charge is 2.20. The van der Waals surface area contributed by atoms with Crippen molar-refractivity contribution in [2.75, 3.05) is 0 Å². The fourth-order valence-electron chi connectivity index (χ4n) is 2.61. The molecular weight excluding hydrogens is 346 g/mol. The van der Waals surface area contributed by atoms with Crippen LogP contribution in [0.25, 0.3) is 10.9 Å². The number of carbonyl (C=O) groups excluding carboxylic acids is 1. The van der Waals surface area contributed by atoms with Crippen LogP contribution in [0.15, 0.2) is 33.3 Å². The molecule has 0 atom stereocenters. The number of aryl methyl sites for hydroxylation is 3. The van der Waals surface area contributed by atoms with Crippen LogP contribution in [-0.4, -0.2) is 15.6 Å². The SMILES string of the molecule is Cc1noc(C)c1CNC(=O)c1c(Br)c2ccccc2n1C. The van der Waals surface area contributed by atoms with Crippen LogP contribution < -0.4 is 5.32 Å². The van der Waals surface area contributed by atoms with E-state index in [9.17, 15) is 4.79 Å². The Labute approximate surface area is 136 Å². The van der Waals surface area contributed by atoms with Crippen LogP contribution in [0.1, 0.15) is 27.5 Å². The Morgan fingerprint density at radius 1 is 1.36 bits per heavy atom. The predicted molar refractivity (Wildman–Crippen MR) is 87.8 cm³/mol. The molecule has 0 aliphatic heterocycles. The summed E-state index contributed by atoms with van der Waals surface area (Å²) < 4.78 is 7.81. The summed E-state index contributed by atoms with van der Waals surface area (Å²) in [4.78, 5) is 12.6. The van der Waals surface area contributed by atoms with Gasteiger partial charge in [-0.05, 0) is 35.8 Å². The summed E-state index contributed by atoms with van der Waals surface area (Å²) in [5.74, 6) is 0.597. The lowest BCUT2D eigenvalue weighted by atomic mass is 10.2. The first kappa shape index (κ1) is 14.8. The third-order valence-electron chi connectivity index (χ3n) is 3.87. The minimum absolute atomic E-state index is 0.134. The molecule has 1 N–H and O–H groups in total. The maximum absolute atomic E-state index is 12.6. The van der Waals surface area contributed by atoms with Gasteiger partial charge in [-0.25, -0.2) is 0 Å². The zero-order chi connectivity index (χ0) is 15.9. The number of hydrogen-bond donors (Lipinski definition) is 1. The van der Waals surface area contributed by atoms with Crippen molar-refractivity contribution >= 4 is 32.7 Å². The molecule has 1 aromatic carbocycles. The Kier molecular flexibility index (Phi) is 3.78. The number of aromatic nitrogens is 2. The van der Waals surface area contributed by atoms with Crippen LogP contribution in [0, 0.1) is 13.8 Å². The number of nitrogens with one attached hydrogen (secondary N) is 1. The highest BCUT2D eigenvalue weighted by Crippen LogP contribution is 2.30. The Morgan fingerprint density at radius 2 is 2.09 bits per heavy atom. The van der Waals surface area contributed by atoms with Crippen LogP contribution in [0.2, 0.25) is 0 Å². The Balaban J connectivity index is 1.90. The highest BCUT2D eigenvalue weighted by molar-refractivity contribution is 9.10. The van der Waals surface area contributed by atoms with Gasteiger partial charge >= 0.3 is 0 Å². The van der Waals surface area contributed by atoms with Crippen LogP contribution in [-0.2, 0) is 13.6 Å². The van der Waals surface area contributed by atoms with Gasteiger partial charge < -0.3 is 14.4 Å². The maximum Gasteiger partial charge on any atom is 0.269 e. The standard InChI is InChI=1S/C16H16BrN3O2/c1-9-12(10(2)22-19-9)8-18-16(21)15-14(17)11-6-4-5-7-13(11)20(15)3/h4-7H,8H2,1-3H3,(H,18,21). The molecule has 0 aliphatic rings. The first-order valence-corrected chi connectivity index (χ1v) is 7.73. The normalized spacial score (nSPS) is 11.1. The fraction of sp³-hybridized carbons (Fsp3) is 0.250. The Morgan fingerprint density at radius 3 is 2.73 bits per heavy atom.